The molecule has 1 aromatic carbocycles. The molecule has 2 aliphatic rings. The Morgan fingerprint density at radius 2 is 1.92 bits per heavy atom. The average molecular weight is 328 g/mol. The van der Waals surface area contributed by atoms with E-state index in [9.17, 15) is 4.79 Å². The number of hydrogen-bond acceptors (Lipinski definition) is 2. The third kappa shape index (κ3) is 4.38. The van der Waals surface area contributed by atoms with Gasteiger partial charge in [-0.15, -0.1) is 0 Å². The quantitative estimate of drug-likeness (QED) is 0.866. The van der Waals surface area contributed by atoms with Crippen LogP contribution in [0.25, 0.3) is 0 Å². The lowest BCUT2D eigenvalue weighted by Gasteiger charge is -2.35. The maximum Gasteiger partial charge on any atom is 0.222 e. The molecule has 1 unspecified atom stereocenters. The van der Waals surface area contributed by atoms with Gasteiger partial charge in [-0.1, -0.05) is 31.2 Å². The molecule has 1 aromatic rings. The maximum absolute atomic E-state index is 12.9. The third-order valence-corrected chi connectivity index (χ3v) is 5.77. The largest absolute Gasteiger partial charge is 0.339 e. The molecular weight excluding hydrogens is 296 g/mol. The summed E-state index contributed by atoms with van der Waals surface area (Å²) in [5.41, 5.74) is 2.92. The fourth-order valence-electron chi connectivity index (χ4n) is 4.34. The van der Waals surface area contributed by atoms with Crippen molar-refractivity contribution < 1.29 is 4.79 Å². The normalized spacial score (nSPS) is 21.3. The van der Waals surface area contributed by atoms with Gasteiger partial charge in [-0.3, -0.25) is 4.79 Å². The van der Waals surface area contributed by atoms with Gasteiger partial charge in [-0.05, 0) is 75.1 Å². The molecule has 0 saturated carbocycles. The van der Waals surface area contributed by atoms with Gasteiger partial charge in [0.2, 0.25) is 5.91 Å². The van der Waals surface area contributed by atoms with E-state index < -0.39 is 0 Å². The zero-order valence-electron chi connectivity index (χ0n) is 15.1. The molecule has 3 rings (SSSR count). The molecule has 1 aliphatic carbocycles. The molecule has 0 spiro atoms. The van der Waals surface area contributed by atoms with E-state index in [1.165, 1.54) is 24.0 Å². The van der Waals surface area contributed by atoms with Gasteiger partial charge < -0.3 is 10.2 Å². The molecular formula is C21H32N2O. The first-order valence-corrected chi connectivity index (χ1v) is 9.85. The topological polar surface area (TPSA) is 32.3 Å². The lowest BCUT2D eigenvalue weighted by Crippen LogP contribution is -2.44. The Kier molecular flexibility index (Phi) is 6.30. The van der Waals surface area contributed by atoms with Gasteiger partial charge in [-0.2, -0.15) is 0 Å². The van der Waals surface area contributed by atoms with Crippen molar-refractivity contribution in [3.8, 4) is 0 Å². The molecule has 132 valence electrons. The number of benzene rings is 1. The number of fused-ring (bicyclic) bond motifs is 1. The summed E-state index contributed by atoms with van der Waals surface area (Å²) in [6.07, 6.45) is 8.60. The summed E-state index contributed by atoms with van der Waals surface area (Å²) >= 11 is 0. The van der Waals surface area contributed by atoms with E-state index in [4.69, 9.17) is 0 Å². The van der Waals surface area contributed by atoms with E-state index in [2.05, 4.69) is 41.4 Å². The van der Waals surface area contributed by atoms with E-state index in [1.807, 2.05) is 0 Å². The van der Waals surface area contributed by atoms with Crippen LogP contribution in [-0.4, -0.2) is 36.5 Å². The van der Waals surface area contributed by atoms with E-state index in [1.54, 1.807) is 0 Å². The molecule has 1 N–H and O–H groups in total. The summed E-state index contributed by atoms with van der Waals surface area (Å²) < 4.78 is 0. The second kappa shape index (κ2) is 8.66. The number of nitrogens with one attached hydrogen (secondary N) is 1. The first-order chi connectivity index (χ1) is 11.8. The number of amides is 1. The first kappa shape index (κ1) is 17.5. The Labute approximate surface area is 146 Å². The number of piperidine rings is 1. The molecule has 1 fully saturated rings. The fourth-order valence-corrected chi connectivity index (χ4v) is 4.34. The van der Waals surface area contributed by atoms with Crippen LogP contribution < -0.4 is 5.32 Å². The molecule has 1 amide bonds. The standard InChI is InChI=1S/C21H32N2O/c1-2-15-23(21(24)10-7-17-11-13-22-14-12-17)20-9-8-18-5-3-4-6-19(18)16-20/h3-6,17,20,22H,2,7-16H2,1H3. The highest BCUT2D eigenvalue weighted by Gasteiger charge is 2.27. The second-order valence-electron chi connectivity index (χ2n) is 7.48. The molecule has 0 aromatic heterocycles. The number of rotatable bonds is 6. The van der Waals surface area contributed by atoms with Crippen LogP contribution in [0.4, 0.5) is 0 Å². The molecule has 1 heterocycles. The summed E-state index contributed by atoms with van der Waals surface area (Å²) in [7, 11) is 0. The van der Waals surface area contributed by atoms with Crippen LogP contribution in [0, 0.1) is 5.92 Å². The molecule has 0 radical (unpaired) electrons. The summed E-state index contributed by atoms with van der Waals surface area (Å²) in [5, 5.41) is 3.41. The van der Waals surface area contributed by atoms with Gasteiger partial charge in [0.1, 0.15) is 0 Å². The highest BCUT2D eigenvalue weighted by molar-refractivity contribution is 5.76. The second-order valence-corrected chi connectivity index (χ2v) is 7.48. The van der Waals surface area contributed by atoms with Crippen LogP contribution >= 0.6 is 0 Å². The SMILES string of the molecule is CCCN(C(=O)CCC1CCNCC1)C1CCc2ccccc2C1. The summed E-state index contributed by atoms with van der Waals surface area (Å²) in [6.45, 7) is 5.34. The first-order valence-electron chi connectivity index (χ1n) is 9.85. The Morgan fingerprint density at radius 3 is 2.67 bits per heavy atom. The van der Waals surface area contributed by atoms with Gasteiger partial charge in [0.15, 0.2) is 0 Å². The highest BCUT2D eigenvalue weighted by atomic mass is 16.2. The smallest absolute Gasteiger partial charge is 0.222 e. The van der Waals surface area contributed by atoms with Gasteiger partial charge >= 0.3 is 0 Å². The predicted molar refractivity (Wildman–Crippen MR) is 99.1 cm³/mol. The third-order valence-electron chi connectivity index (χ3n) is 5.77. The van der Waals surface area contributed by atoms with Gasteiger partial charge in [0, 0.05) is 19.0 Å². The zero-order valence-corrected chi connectivity index (χ0v) is 15.1. The molecule has 1 atom stereocenters. The van der Waals surface area contributed by atoms with E-state index in [0.29, 0.717) is 11.9 Å². The van der Waals surface area contributed by atoms with E-state index in [0.717, 1.165) is 64.1 Å². The predicted octanol–water partition coefficient (Wildman–Crippen LogP) is 3.56. The van der Waals surface area contributed by atoms with Crippen molar-refractivity contribution in [2.24, 2.45) is 5.92 Å². The molecule has 0 bridgehead atoms. The molecule has 3 nitrogen and oxygen atoms in total. The van der Waals surface area contributed by atoms with Crippen molar-refractivity contribution in [3.63, 3.8) is 0 Å². The van der Waals surface area contributed by atoms with Crippen molar-refractivity contribution in [3.05, 3.63) is 35.4 Å². The molecule has 1 aliphatic heterocycles. The van der Waals surface area contributed by atoms with Crippen LogP contribution in [0.2, 0.25) is 0 Å². The zero-order chi connectivity index (χ0) is 16.8. The van der Waals surface area contributed by atoms with Gasteiger partial charge in [-0.25, -0.2) is 0 Å². The Balaban J connectivity index is 1.58. The Bertz CT molecular complexity index is 536. The van der Waals surface area contributed by atoms with Crippen LogP contribution in [0.5, 0.6) is 0 Å². The van der Waals surface area contributed by atoms with Gasteiger partial charge in [0.25, 0.3) is 0 Å². The van der Waals surface area contributed by atoms with E-state index in [-0.39, 0.29) is 0 Å². The minimum absolute atomic E-state index is 0.389. The van der Waals surface area contributed by atoms with Crippen LogP contribution in [0.15, 0.2) is 24.3 Å². The number of carbonyl (C=O) groups is 1. The summed E-state index contributed by atoms with van der Waals surface area (Å²) in [4.78, 5) is 15.1. The lowest BCUT2D eigenvalue weighted by molar-refractivity contribution is -0.134. The van der Waals surface area contributed by atoms with Crippen molar-refractivity contribution in [2.75, 3.05) is 19.6 Å². The monoisotopic (exact) mass is 328 g/mol. The van der Waals surface area contributed by atoms with Crippen molar-refractivity contribution in [2.45, 2.75) is 64.3 Å². The number of nitrogens with zero attached hydrogens (tertiary/aromatic N) is 1. The Hall–Kier alpha value is -1.35. The molecule has 24 heavy (non-hydrogen) atoms. The van der Waals surface area contributed by atoms with Gasteiger partial charge in [0.05, 0.1) is 0 Å². The van der Waals surface area contributed by atoms with Crippen molar-refractivity contribution in [1.29, 1.82) is 0 Å². The molecule has 3 heteroatoms. The van der Waals surface area contributed by atoms with Crippen LogP contribution in [-0.2, 0) is 17.6 Å². The number of hydrogen-bond donors (Lipinski definition) is 1. The Morgan fingerprint density at radius 1 is 1.17 bits per heavy atom. The van der Waals surface area contributed by atoms with Crippen LogP contribution in [0.3, 0.4) is 0 Å². The van der Waals surface area contributed by atoms with Crippen molar-refractivity contribution >= 4 is 5.91 Å². The minimum Gasteiger partial charge on any atom is -0.339 e. The highest BCUT2D eigenvalue weighted by Crippen LogP contribution is 2.26. The number of aryl methyl sites for hydroxylation is 1. The van der Waals surface area contributed by atoms with E-state index >= 15 is 0 Å². The lowest BCUT2D eigenvalue weighted by atomic mass is 9.87. The van der Waals surface area contributed by atoms with Crippen molar-refractivity contribution in [1.82, 2.24) is 10.2 Å². The summed E-state index contributed by atoms with van der Waals surface area (Å²) in [6, 6.07) is 9.15. The number of carbonyl (C=O) groups excluding carboxylic acids is 1. The molecule has 1 saturated heterocycles. The summed E-state index contributed by atoms with van der Waals surface area (Å²) in [5.74, 6) is 1.13. The van der Waals surface area contributed by atoms with Crippen LogP contribution in [0.1, 0.15) is 56.6 Å². The average Bonchev–Trinajstić information content (AvgIpc) is 2.64. The maximum atomic E-state index is 12.9. The fraction of sp³-hybridized carbons (Fsp3) is 0.667. The minimum atomic E-state index is 0.389.